The summed E-state index contributed by atoms with van der Waals surface area (Å²) < 4.78 is 17.1. The zero-order chi connectivity index (χ0) is 26.1. The molecule has 4 heterocycles. The van der Waals surface area contributed by atoms with Crippen LogP contribution in [0.5, 0.6) is 0 Å². The fourth-order valence-electron chi connectivity index (χ4n) is 5.00. The van der Waals surface area contributed by atoms with Crippen molar-refractivity contribution < 1.29 is 4.39 Å². The summed E-state index contributed by atoms with van der Waals surface area (Å²) >= 11 is 0. The van der Waals surface area contributed by atoms with Gasteiger partial charge in [0.15, 0.2) is 5.82 Å². The molecule has 190 valence electrons. The van der Waals surface area contributed by atoms with Crippen molar-refractivity contribution in [2.45, 2.75) is 40.3 Å². The SMILES string of the molecule is [B]c1cnc(Nc2ncc(CN3CCN(CC)CC3)cn2)cc1-c1cc(F)c2nc(C)n(C(C)C)c2c1. The van der Waals surface area contributed by atoms with Gasteiger partial charge in [-0.15, -0.1) is 0 Å². The van der Waals surface area contributed by atoms with Gasteiger partial charge in [-0.1, -0.05) is 12.4 Å². The number of imidazole rings is 1. The molecule has 2 radical (unpaired) electrons. The number of hydrogen-bond acceptors (Lipinski definition) is 7. The van der Waals surface area contributed by atoms with E-state index in [1.165, 1.54) is 6.07 Å². The predicted octanol–water partition coefficient (Wildman–Crippen LogP) is 3.59. The van der Waals surface area contributed by atoms with Crippen LogP contribution in [0.2, 0.25) is 0 Å². The van der Waals surface area contributed by atoms with E-state index in [2.05, 4.69) is 55.8 Å². The average molecular weight is 498 g/mol. The molecule has 37 heavy (non-hydrogen) atoms. The zero-order valence-corrected chi connectivity index (χ0v) is 21.9. The molecule has 0 aliphatic carbocycles. The highest BCUT2D eigenvalue weighted by Crippen LogP contribution is 2.29. The number of rotatable bonds is 7. The summed E-state index contributed by atoms with van der Waals surface area (Å²) in [7, 11) is 6.26. The van der Waals surface area contributed by atoms with E-state index in [0.29, 0.717) is 33.9 Å². The molecule has 5 rings (SSSR count). The molecule has 4 aromatic rings. The second-order valence-corrected chi connectivity index (χ2v) is 9.86. The van der Waals surface area contributed by atoms with Gasteiger partial charge in [0.25, 0.3) is 0 Å². The number of nitrogens with one attached hydrogen (secondary N) is 1. The lowest BCUT2D eigenvalue weighted by Gasteiger charge is -2.33. The summed E-state index contributed by atoms with van der Waals surface area (Å²) in [6, 6.07) is 5.34. The first kappa shape index (κ1) is 25.3. The predicted molar refractivity (Wildman–Crippen MR) is 146 cm³/mol. The molecule has 1 aliphatic heterocycles. The summed E-state index contributed by atoms with van der Waals surface area (Å²) in [4.78, 5) is 22.7. The van der Waals surface area contributed by atoms with Gasteiger partial charge in [-0.3, -0.25) is 4.90 Å². The number of pyridine rings is 1. The van der Waals surface area contributed by atoms with Crippen molar-refractivity contribution in [1.29, 1.82) is 0 Å². The minimum absolute atomic E-state index is 0.146. The molecule has 8 nitrogen and oxygen atoms in total. The summed E-state index contributed by atoms with van der Waals surface area (Å²) in [5.74, 6) is 1.37. The van der Waals surface area contributed by atoms with E-state index < -0.39 is 0 Å². The van der Waals surface area contributed by atoms with E-state index in [4.69, 9.17) is 7.85 Å². The van der Waals surface area contributed by atoms with Gasteiger partial charge in [0, 0.05) is 62.9 Å². The Balaban J connectivity index is 1.35. The van der Waals surface area contributed by atoms with Crippen LogP contribution in [0.15, 0.2) is 36.8 Å². The smallest absolute Gasteiger partial charge is 0.228 e. The Hall–Kier alpha value is -3.37. The van der Waals surface area contributed by atoms with Gasteiger partial charge in [-0.25, -0.2) is 24.3 Å². The molecule has 0 unspecified atom stereocenters. The second-order valence-electron chi connectivity index (χ2n) is 9.86. The maximum Gasteiger partial charge on any atom is 0.228 e. The third kappa shape index (κ3) is 5.35. The number of halogens is 1. The van der Waals surface area contributed by atoms with Gasteiger partial charge >= 0.3 is 0 Å². The molecule has 1 fully saturated rings. The lowest BCUT2D eigenvalue weighted by atomic mass is 9.88. The van der Waals surface area contributed by atoms with Crippen LogP contribution in [0.1, 0.15) is 38.2 Å². The molecule has 10 heteroatoms. The number of piperazine rings is 1. The first-order valence-corrected chi connectivity index (χ1v) is 12.8. The van der Waals surface area contributed by atoms with Crippen molar-refractivity contribution in [1.82, 2.24) is 34.3 Å². The van der Waals surface area contributed by atoms with Gasteiger partial charge in [0.1, 0.15) is 25.0 Å². The molecular weight excluding hydrogens is 466 g/mol. The summed E-state index contributed by atoms with van der Waals surface area (Å²) in [6.45, 7) is 14.4. The number of aryl methyl sites for hydroxylation is 1. The third-order valence-electron chi connectivity index (χ3n) is 6.95. The zero-order valence-electron chi connectivity index (χ0n) is 21.9. The van der Waals surface area contributed by atoms with Crippen molar-refractivity contribution in [3.8, 4) is 11.1 Å². The molecule has 1 aliphatic rings. The van der Waals surface area contributed by atoms with Gasteiger partial charge < -0.3 is 14.8 Å². The first-order valence-electron chi connectivity index (χ1n) is 12.8. The van der Waals surface area contributed by atoms with Gasteiger partial charge in [-0.2, -0.15) is 0 Å². The van der Waals surface area contributed by atoms with E-state index in [1.54, 1.807) is 12.3 Å². The van der Waals surface area contributed by atoms with Crippen LogP contribution in [0, 0.1) is 12.7 Å². The minimum atomic E-state index is -0.379. The Morgan fingerprint density at radius 1 is 1.00 bits per heavy atom. The normalized spacial score (nSPS) is 15.1. The van der Waals surface area contributed by atoms with Gasteiger partial charge in [0.2, 0.25) is 5.95 Å². The molecular formula is C27H32BFN8. The monoisotopic (exact) mass is 498 g/mol. The molecule has 3 aromatic heterocycles. The number of aromatic nitrogens is 5. The molecule has 0 atom stereocenters. The van der Waals surface area contributed by atoms with E-state index in [0.717, 1.165) is 56.2 Å². The van der Waals surface area contributed by atoms with Crippen molar-refractivity contribution >= 4 is 36.1 Å². The van der Waals surface area contributed by atoms with Crippen molar-refractivity contribution in [3.63, 3.8) is 0 Å². The Morgan fingerprint density at radius 2 is 1.70 bits per heavy atom. The molecule has 1 aromatic carbocycles. The lowest BCUT2D eigenvalue weighted by molar-refractivity contribution is 0.132. The van der Waals surface area contributed by atoms with Crippen molar-refractivity contribution in [3.05, 3.63) is 54.0 Å². The Bertz CT molecular complexity index is 1390. The van der Waals surface area contributed by atoms with E-state index in [1.807, 2.05) is 30.0 Å². The number of nitrogens with zero attached hydrogens (tertiary/aromatic N) is 7. The van der Waals surface area contributed by atoms with Crippen LogP contribution in [-0.4, -0.2) is 74.9 Å². The standard InChI is InChI=1S/C27H32BFN8/c1-5-35-6-8-36(9-7-35)16-19-13-31-27(32-14-19)34-25-12-21(22(28)15-30-25)20-10-23(29)26-24(11-20)37(17(2)3)18(4)33-26/h10-15,17H,5-9,16H2,1-4H3,(H,30,31,32,34). The van der Waals surface area contributed by atoms with Gasteiger partial charge in [-0.05, 0) is 56.6 Å². The lowest BCUT2D eigenvalue weighted by Crippen LogP contribution is -2.45. The number of fused-ring (bicyclic) bond motifs is 1. The van der Waals surface area contributed by atoms with E-state index >= 15 is 4.39 Å². The second kappa shape index (κ2) is 10.6. The number of anilines is 2. The third-order valence-corrected chi connectivity index (χ3v) is 6.95. The summed E-state index contributed by atoms with van der Waals surface area (Å²) in [6.07, 6.45) is 5.26. The minimum Gasteiger partial charge on any atom is -0.326 e. The van der Waals surface area contributed by atoms with E-state index in [9.17, 15) is 0 Å². The molecule has 0 bridgehead atoms. The summed E-state index contributed by atoms with van der Waals surface area (Å²) in [5, 5.41) is 3.15. The van der Waals surface area contributed by atoms with Crippen molar-refractivity contribution in [2.75, 3.05) is 38.0 Å². The number of likely N-dealkylation sites (N-methyl/N-ethyl adjacent to an activating group) is 1. The van der Waals surface area contributed by atoms with Crippen molar-refractivity contribution in [2.24, 2.45) is 0 Å². The van der Waals surface area contributed by atoms with Crippen LogP contribution >= 0.6 is 0 Å². The van der Waals surface area contributed by atoms with Crippen LogP contribution in [0.25, 0.3) is 22.2 Å². The molecule has 1 N–H and O–H groups in total. The van der Waals surface area contributed by atoms with Gasteiger partial charge in [0.05, 0.1) is 5.52 Å². The highest BCUT2D eigenvalue weighted by molar-refractivity contribution is 6.35. The molecule has 0 spiro atoms. The first-order chi connectivity index (χ1) is 17.8. The maximum atomic E-state index is 15.0. The number of hydrogen-bond donors (Lipinski definition) is 1. The fraction of sp³-hybridized carbons (Fsp3) is 0.407. The summed E-state index contributed by atoms with van der Waals surface area (Å²) in [5.41, 5.74) is 3.97. The molecule has 0 saturated carbocycles. The van der Waals surface area contributed by atoms with Crippen LogP contribution in [0.4, 0.5) is 16.2 Å². The highest BCUT2D eigenvalue weighted by atomic mass is 19.1. The average Bonchev–Trinajstić information content (AvgIpc) is 3.23. The number of benzene rings is 1. The quantitative estimate of drug-likeness (QED) is 0.391. The van der Waals surface area contributed by atoms with E-state index in [-0.39, 0.29) is 11.9 Å². The van der Waals surface area contributed by atoms with Crippen LogP contribution in [0.3, 0.4) is 0 Å². The largest absolute Gasteiger partial charge is 0.326 e. The van der Waals surface area contributed by atoms with Crippen LogP contribution in [-0.2, 0) is 6.54 Å². The highest BCUT2D eigenvalue weighted by Gasteiger charge is 2.18. The Morgan fingerprint density at radius 3 is 2.38 bits per heavy atom. The molecule has 1 saturated heterocycles. The Labute approximate surface area is 218 Å². The Kier molecular flexibility index (Phi) is 7.21. The maximum absolute atomic E-state index is 15.0. The molecule has 0 amide bonds. The fourth-order valence-corrected chi connectivity index (χ4v) is 5.00. The topological polar surface area (TPSA) is 75.0 Å². The van der Waals surface area contributed by atoms with Crippen LogP contribution < -0.4 is 10.8 Å².